The third kappa shape index (κ3) is 5.50. The van der Waals surface area contributed by atoms with Crippen molar-refractivity contribution in [2.24, 2.45) is 0 Å². The van der Waals surface area contributed by atoms with Crippen LogP contribution in [0.5, 0.6) is 0 Å². The van der Waals surface area contributed by atoms with Crippen LogP contribution in [0.1, 0.15) is 13.8 Å². The summed E-state index contributed by atoms with van der Waals surface area (Å²) < 4.78 is 0. The number of hydrogen-bond acceptors (Lipinski definition) is 2. The average Bonchev–Trinajstić information content (AvgIpc) is 2.00. The molecule has 0 saturated heterocycles. The lowest BCUT2D eigenvalue weighted by Crippen LogP contribution is -2.43. The molecular weight excluding hydrogens is 185 g/mol. The molecule has 0 aromatic carbocycles. The highest BCUT2D eigenvalue weighted by atomic mass is 35.5. The summed E-state index contributed by atoms with van der Waals surface area (Å²) in [6.07, 6.45) is 0. The van der Waals surface area contributed by atoms with Gasteiger partial charge in [0.15, 0.2) is 0 Å². The highest BCUT2D eigenvalue weighted by molar-refractivity contribution is 6.36. The SMILES string of the molecule is CC(C)(CO)NCC(Cl)=CCl. The van der Waals surface area contributed by atoms with Crippen molar-refractivity contribution in [2.75, 3.05) is 13.2 Å². The maximum absolute atomic E-state index is 8.82. The molecule has 0 bridgehead atoms. The van der Waals surface area contributed by atoms with Gasteiger partial charge in [-0.15, -0.1) is 0 Å². The Morgan fingerprint density at radius 1 is 1.64 bits per heavy atom. The molecule has 0 saturated carbocycles. The molecule has 0 aromatic rings. The summed E-state index contributed by atoms with van der Waals surface area (Å²) in [4.78, 5) is 0. The second kappa shape index (κ2) is 4.99. The van der Waals surface area contributed by atoms with Gasteiger partial charge in [0.2, 0.25) is 0 Å². The fraction of sp³-hybridized carbons (Fsp3) is 0.714. The quantitative estimate of drug-likeness (QED) is 0.720. The molecule has 4 heteroatoms. The number of rotatable bonds is 4. The summed E-state index contributed by atoms with van der Waals surface area (Å²) in [7, 11) is 0. The van der Waals surface area contributed by atoms with E-state index >= 15 is 0 Å². The van der Waals surface area contributed by atoms with E-state index < -0.39 is 0 Å². The first-order chi connectivity index (χ1) is 5.02. The van der Waals surface area contributed by atoms with E-state index in [1.807, 2.05) is 13.8 Å². The van der Waals surface area contributed by atoms with Gasteiger partial charge in [0.05, 0.1) is 6.61 Å². The van der Waals surface area contributed by atoms with Gasteiger partial charge >= 0.3 is 0 Å². The van der Waals surface area contributed by atoms with Gasteiger partial charge < -0.3 is 10.4 Å². The van der Waals surface area contributed by atoms with E-state index in [9.17, 15) is 0 Å². The highest BCUT2D eigenvalue weighted by Crippen LogP contribution is 2.05. The fourth-order valence-corrected chi connectivity index (χ4v) is 0.562. The molecule has 0 fully saturated rings. The zero-order valence-corrected chi connectivity index (χ0v) is 8.21. The average molecular weight is 198 g/mol. The molecule has 0 rings (SSSR count). The molecule has 0 spiro atoms. The van der Waals surface area contributed by atoms with E-state index in [1.165, 1.54) is 5.54 Å². The Balaban J connectivity index is 3.70. The number of aliphatic hydroxyl groups is 1. The Hall–Kier alpha value is 0.240. The van der Waals surface area contributed by atoms with Gasteiger partial charge in [0.25, 0.3) is 0 Å². The van der Waals surface area contributed by atoms with Crippen LogP contribution < -0.4 is 5.32 Å². The topological polar surface area (TPSA) is 32.3 Å². The van der Waals surface area contributed by atoms with Crippen LogP contribution in [-0.2, 0) is 0 Å². The summed E-state index contributed by atoms with van der Waals surface area (Å²) in [5.74, 6) is 0. The predicted molar refractivity (Wildman–Crippen MR) is 49.0 cm³/mol. The Labute approximate surface area is 77.2 Å². The molecule has 0 aliphatic carbocycles. The first kappa shape index (κ1) is 11.2. The van der Waals surface area contributed by atoms with Crippen molar-refractivity contribution in [3.05, 3.63) is 10.6 Å². The van der Waals surface area contributed by atoms with Crippen LogP contribution in [0, 0.1) is 0 Å². The normalized spacial score (nSPS) is 13.7. The largest absolute Gasteiger partial charge is 0.394 e. The minimum absolute atomic E-state index is 0.0689. The molecule has 66 valence electrons. The van der Waals surface area contributed by atoms with Crippen LogP contribution in [0.15, 0.2) is 10.6 Å². The summed E-state index contributed by atoms with van der Waals surface area (Å²) >= 11 is 10.9. The molecular formula is C7H13Cl2NO. The van der Waals surface area contributed by atoms with Crippen LogP contribution in [0.3, 0.4) is 0 Å². The summed E-state index contributed by atoms with van der Waals surface area (Å²) in [6.45, 7) is 4.31. The highest BCUT2D eigenvalue weighted by Gasteiger charge is 2.14. The second-order valence-electron chi connectivity index (χ2n) is 2.95. The lowest BCUT2D eigenvalue weighted by atomic mass is 10.1. The van der Waals surface area contributed by atoms with Crippen LogP contribution in [0.4, 0.5) is 0 Å². The lowest BCUT2D eigenvalue weighted by molar-refractivity contribution is 0.192. The van der Waals surface area contributed by atoms with E-state index in [2.05, 4.69) is 5.32 Å². The monoisotopic (exact) mass is 197 g/mol. The Morgan fingerprint density at radius 2 is 2.18 bits per heavy atom. The third-order valence-electron chi connectivity index (χ3n) is 1.25. The molecule has 0 radical (unpaired) electrons. The van der Waals surface area contributed by atoms with Gasteiger partial charge in [-0.2, -0.15) is 0 Å². The van der Waals surface area contributed by atoms with Crippen molar-refractivity contribution in [3.8, 4) is 0 Å². The van der Waals surface area contributed by atoms with Crippen LogP contribution >= 0.6 is 23.2 Å². The lowest BCUT2D eigenvalue weighted by Gasteiger charge is -2.22. The van der Waals surface area contributed by atoms with Crippen LogP contribution in [0.25, 0.3) is 0 Å². The van der Waals surface area contributed by atoms with E-state index in [-0.39, 0.29) is 12.1 Å². The smallest absolute Gasteiger partial charge is 0.0607 e. The van der Waals surface area contributed by atoms with Crippen molar-refractivity contribution in [1.82, 2.24) is 5.32 Å². The van der Waals surface area contributed by atoms with Gasteiger partial charge in [-0.1, -0.05) is 23.2 Å². The van der Waals surface area contributed by atoms with E-state index in [0.717, 1.165) is 0 Å². The molecule has 2 N–H and O–H groups in total. The summed E-state index contributed by atoms with van der Waals surface area (Å²) in [5, 5.41) is 12.4. The molecule has 0 aliphatic rings. The summed E-state index contributed by atoms with van der Waals surface area (Å²) in [5.41, 5.74) is 1.00. The van der Waals surface area contributed by atoms with E-state index in [0.29, 0.717) is 11.6 Å². The van der Waals surface area contributed by atoms with Gasteiger partial charge in [-0.3, -0.25) is 0 Å². The molecule has 2 nitrogen and oxygen atoms in total. The van der Waals surface area contributed by atoms with Gasteiger partial charge in [-0.25, -0.2) is 0 Å². The van der Waals surface area contributed by atoms with Crippen molar-refractivity contribution < 1.29 is 5.11 Å². The molecule has 0 unspecified atom stereocenters. The maximum Gasteiger partial charge on any atom is 0.0607 e. The Morgan fingerprint density at radius 3 is 2.55 bits per heavy atom. The Kier molecular flexibility index (Phi) is 5.10. The zero-order valence-electron chi connectivity index (χ0n) is 6.69. The Bertz CT molecular complexity index is 145. The fourth-order valence-electron chi connectivity index (χ4n) is 0.418. The molecule has 0 aromatic heterocycles. The van der Waals surface area contributed by atoms with E-state index in [1.54, 1.807) is 0 Å². The number of aliphatic hydroxyl groups excluding tert-OH is 1. The van der Waals surface area contributed by atoms with Gasteiger partial charge in [0.1, 0.15) is 0 Å². The van der Waals surface area contributed by atoms with Crippen LogP contribution in [-0.4, -0.2) is 23.8 Å². The minimum atomic E-state index is -0.306. The van der Waals surface area contributed by atoms with Crippen LogP contribution in [0.2, 0.25) is 0 Å². The molecule has 0 atom stereocenters. The molecule has 0 amide bonds. The number of halogens is 2. The predicted octanol–water partition coefficient (Wildman–Crippen LogP) is 1.67. The maximum atomic E-state index is 8.82. The molecule has 0 aliphatic heterocycles. The van der Waals surface area contributed by atoms with Crippen molar-refractivity contribution >= 4 is 23.2 Å². The first-order valence-corrected chi connectivity index (χ1v) is 4.14. The van der Waals surface area contributed by atoms with E-state index in [4.69, 9.17) is 28.3 Å². The second-order valence-corrected chi connectivity index (χ2v) is 3.66. The minimum Gasteiger partial charge on any atom is -0.394 e. The summed E-state index contributed by atoms with van der Waals surface area (Å²) in [6, 6.07) is 0. The third-order valence-corrected chi connectivity index (χ3v) is 1.87. The standard InChI is InChI=1S/C7H13Cl2NO/c1-7(2,5-11)10-4-6(9)3-8/h3,10-11H,4-5H2,1-2H3. The van der Waals surface area contributed by atoms with Crippen molar-refractivity contribution in [2.45, 2.75) is 19.4 Å². The van der Waals surface area contributed by atoms with Crippen molar-refractivity contribution in [1.29, 1.82) is 0 Å². The first-order valence-electron chi connectivity index (χ1n) is 3.32. The molecule has 0 heterocycles. The van der Waals surface area contributed by atoms with Gasteiger partial charge in [-0.05, 0) is 13.8 Å². The number of hydrogen-bond donors (Lipinski definition) is 2. The van der Waals surface area contributed by atoms with Gasteiger partial charge in [0, 0.05) is 22.7 Å². The van der Waals surface area contributed by atoms with Crippen molar-refractivity contribution in [3.63, 3.8) is 0 Å². The molecule has 11 heavy (non-hydrogen) atoms. The zero-order chi connectivity index (χ0) is 8.91. The number of nitrogens with one attached hydrogen (secondary N) is 1.